The monoisotopic (exact) mass is 374 g/mol. The van der Waals surface area contributed by atoms with Crippen molar-refractivity contribution in [3.8, 4) is 0 Å². The summed E-state index contributed by atoms with van der Waals surface area (Å²) in [6, 6.07) is 12.4. The smallest absolute Gasteiger partial charge is 0.255 e. The molecular weight excluding hydrogens is 352 g/mol. The van der Waals surface area contributed by atoms with Crippen molar-refractivity contribution in [2.45, 2.75) is 26.7 Å². The van der Waals surface area contributed by atoms with Gasteiger partial charge in [-0.05, 0) is 74.2 Å². The zero-order chi connectivity index (χ0) is 19.8. The van der Waals surface area contributed by atoms with Gasteiger partial charge in [0.1, 0.15) is 0 Å². The minimum atomic E-state index is -0.259. The average Bonchev–Trinajstić information content (AvgIpc) is 2.96. The summed E-state index contributed by atoms with van der Waals surface area (Å²) in [6.07, 6.45) is 5.16. The normalized spacial score (nSPS) is 21.0. The molecule has 1 fully saturated rings. The molecular formula is C23H22N2O3. The summed E-state index contributed by atoms with van der Waals surface area (Å²) >= 11 is 0. The van der Waals surface area contributed by atoms with Crippen molar-refractivity contribution in [2.75, 3.05) is 10.2 Å². The minimum Gasteiger partial charge on any atom is -0.322 e. The molecule has 2 aliphatic rings. The summed E-state index contributed by atoms with van der Waals surface area (Å²) in [5.41, 5.74) is 4.00. The molecule has 2 atom stereocenters. The third-order valence-electron chi connectivity index (χ3n) is 5.66. The van der Waals surface area contributed by atoms with Crippen molar-refractivity contribution < 1.29 is 14.4 Å². The van der Waals surface area contributed by atoms with E-state index in [4.69, 9.17) is 0 Å². The van der Waals surface area contributed by atoms with Gasteiger partial charge in [-0.3, -0.25) is 19.3 Å². The summed E-state index contributed by atoms with van der Waals surface area (Å²) in [7, 11) is 0. The van der Waals surface area contributed by atoms with Crippen LogP contribution in [-0.2, 0) is 9.59 Å². The number of benzene rings is 2. The van der Waals surface area contributed by atoms with Crippen LogP contribution in [0, 0.1) is 25.7 Å². The van der Waals surface area contributed by atoms with Crippen LogP contribution in [0.5, 0.6) is 0 Å². The molecule has 2 aromatic rings. The molecule has 0 bridgehead atoms. The number of imide groups is 1. The Morgan fingerprint density at radius 2 is 1.50 bits per heavy atom. The first kappa shape index (κ1) is 18.2. The molecule has 0 aromatic heterocycles. The van der Waals surface area contributed by atoms with E-state index in [9.17, 15) is 14.4 Å². The molecule has 1 N–H and O–H groups in total. The Labute approximate surface area is 164 Å². The Morgan fingerprint density at radius 1 is 0.893 bits per heavy atom. The van der Waals surface area contributed by atoms with Gasteiger partial charge in [0.15, 0.2) is 0 Å². The van der Waals surface area contributed by atoms with Gasteiger partial charge in [-0.2, -0.15) is 0 Å². The number of carbonyl (C=O) groups excluding carboxylic acids is 3. The van der Waals surface area contributed by atoms with E-state index in [0.717, 1.165) is 16.8 Å². The van der Waals surface area contributed by atoms with Gasteiger partial charge in [0.25, 0.3) is 5.91 Å². The van der Waals surface area contributed by atoms with Crippen LogP contribution in [0.4, 0.5) is 11.4 Å². The van der Waals surface area contributed by atoms with E-state index < -0.39 is 0 Å². The van der Waals surface area contributed by atoms with E-state index in [1.807, 2.05) is 44.2 Å². The fourth-order valence-corrected chi connectivity index (χ4v) is 3.84. The first-order chi connectivity index (χ1) is 13.5. The van der Waals surface area contributed by atoms with Gasteiger partial charge in [-0.1, -0.05) is 18.2 Å². The third-order valence-corrected chi connectivity index (χ3v) is 5.66. The second-order valence-corrected chi connectivity index (χ2v) is 7.47. The van der Waals surface area contributed by atoms with Crippen LogP contribution < -0.4 is 10.2 Å². The fraction of sp³-hybridized carbons (Fsp3) is 0.261. The second kappa shape index (κ2) is 7.08. The van der Waals surface area contributed by atoms with Crippen LogP contribution in [-0.4, -0.2) is 17.7 Å². The van der Waals surface area contributed by atoms with Gasteiger partial charge in [0.05, 0.1) is 17.5 Å². The highest BCUT2D eigenvalue weighted by atomic mass is 16.2. The highest BCUT2D eigenvalue weighted by molar-refractivity contribution is 6.22. The number of aryl methyl sites for hydroxylation is 2. The lowest BCUT2D eigenvalue weighted by atomic mass is 9.85. The van der Waals surface area contributed by atoms with E-state index in [2.05, 4.69) is 5.32 Å². The predicted octanol–water partition coefficient (Wildman–Crippen LogP) is 4.01. The Morgan fingerprint density at radius 3 is 2.07 bits per heavy atom. The highest BCUT2D eigenvalue weighted by Crippen LogP contribution is 2.37. The Hall–Kier alpha value is -3.21. The van der Waals surface area contributed by atoms with Crippen molar-refractivity contribution in [3.63, 3.8) is 0 Å². The molecule has 4 rings (SSSR count). The topological polar surface area (TPSA) is 66.5 Å². The molecule has 1 saturated heterocycles. The summed E-state index contributed by atoms with van der Waals surface area (Å²) in [5, 5.41) is 2.88. The lowest BCUT2D eigenvalue weighted by Crippen LogP contribution is -2.30. The SMILES string of the molecule is Cc1ccc(NC(=O)c2ccc(N3C(=O)[C@@H]4CC=CC[C@H]4C3=O)cc2)cc1C. The van der Waals surface area contributed by atoms with Gasteiger partial charge < -0.3 is 5.32 Å². The molecule has 1 aliphatic heterocycles. The lowest BCUT2D eigenvalue weighted by Gasteiger charge is -2.15. The van der Waals surface area contributed by atoms with Crippen molar-refractivity contribution in [1.82, 2.24) is 0 Å². The number of carbonyl (C=O) groups is 3. The Kier molecular flexibility index (Phi) is 4.59. The van der Waals surface area contributed by atoms with E-state index in [-0.39, 0.29) is 29.6 Å². The highest BCUT2D eigenvalue weighted by Gasteiger charge is 2.47. The lowest BCUT2D eigenvalue weighted by molar-refractivity contribution is -0.122. The van der Waals surface area contributed by atoms with Crippen LogP contribution in [0.3, 0.4) is 0 Å². The molecule has 3 amide bonds. The van der Waals surface area contributed by atoms with E-state index in [1.54, 1.807) is 24.3 Å². The molecule has 1 heterocycles. The van der Waals surface area contributed by atoms with E-state index >= 15 is 0 Å². The van der Waals surface area contributed by atoms with Crippen LogP contribution in [0.1, 0.15) is 34.3 Å². The maximum atomic E-state index is 12.7. The van der Waals surface area contributed by atoms with Crippen molar-refractivity contribution in [3.05, 3.63) is 71.3 Å². The molecule has 0 spiro atoms. The Bertz CT molecular complexity index is 965. The minimum absolute atomic E-state index is 0.147. The molecule has 0 radical (unpaired) electrons. The summed E-state index contributed by atoms with van der Waals surface area (Å²) < 4.78 is 0. The number of anilines is 2. The van der Waals surface area contributed by atoms with Gasteiger partial charge in [0, 0.05) is 11.3 Å². The zero-order valence-corrected chi connectivity index (χ0v) is 15.9. The molecule has 0 unspecified atom stereocenters. The van der Waals surface area contributed by atoms with Gasteiger partial charge in [-0.25, -0.2) is 0 Å². The second-order valence-electron chi connectivity index (χ2n) is 7.47. The van der Waals surface area contributed by atoms with Crippen molar-refractivity contribution in [1.29, 1.82) is 0 Å². The predicted molar refractivity (Wildman–Crippen MR) is 108 cm³/mol. The van der Waals surface area contributed by atoms with Crippen LogP contribution in [0.15, 0.2) is 54.6 Å². The number of nitrogens with zero attached hydrogens (tertiary/aromatic N) is 1. The molecule has 2 aromatic carbocycles. The van der Waals surface area contributed by atoms with Gasteiger partial charge in [-0.15, -0.1) is 0 Å². The average molecular weight is 374 g/mol. The number of fused-ring (bicyclic) bond motifs is 1. The molecule has 5 nitrogen and oxygen atoms in total. The molecule has 1 aliphatic carbocycles. The maximum Gasteiger partial charge on any atom is 0.255 e. The number of hydrogen-bond donors (Lipinski definition) is 1. The number of amides is 3. The maximum absolute atomic E-state index is 12.7. The summed E-state index contributed by atoms with van der Waals surface area (Å²) in [4.78, 5) is 39.1. The van der Waals surface area contributed by atoms with Crippen LogP contribution in [0.2, 0.25) is 0 Å². The van der Waals surface area contributed by atoms with Crippen LogP contribution in [0.25, 0.3) is 0 Å². The number of allylic oxidation sites excluding steroid dienone is 2. The zero-order valence-electron chi connectivity index (χ0n) is 15.9. The fourth-order valence-electron chi connectivity index (χ4n) is 3.84. The molecule has 5 heteroatoms. The van der Waals surface area contributed by atoms with Gasteiger partial charge >= 0.3 is 0 Å². The van der Waals surface area contributed by atoms with Crippen LogP contribution >= 0.6 is 0 Å². The summed E-state index contributed by atoms with van der Waals surface area (Å²) in [5.74, 6) is -1.04. The van der Waals surface area contributed by atoms with Gasteiger partial charge in [0.2, 0.25) is 11.8 Å². The summed E-state index contributed by atoms with van der Waals surface area (Å²) in [6.45, 7) is 4.02. The molecule has 142 valence electrons. The van der Waals surface area contributed by atoms with Crippen molar-refractivity contribution >= 4 is 29.1 Å². The molecule has 0 saturated carbocycles. The largest absolute Gasteiger partial charge is 0.322 e. The van der Waals surface area contributed by atoms with E-state index in [0.29, 0.717) is 24.1 Å². The third kappa shape index (κ3) is 3.13. The molecule has 28 heavy (non-hydrogen) atoms. The first-order valence-electron chi connectivity index (χ1n) is 9.47. The number of nitrogens with one attached hydrogen (secondary N) is 1. The van der Waals surface area contributed by atoms with Crippen molar-refractivity contribution in [2.24, 2.45) is 11.8 Å². The standard InChI is InChI=1S/C23H22N2O3/c1-14-7-10-17(13-15(14)2)24-21(26)16-8-11-18(12-9-16)25-22(27)19-5-3-4-6-20(19)23(25)28/h3-4,7-13,19-20H,5-6H2,1-2H3,(H,24,26)/t19-,20-/m1/s1. The number of rotatable bonds is 3. The quantitative estimate of drug-likeness (QED) is 0.652. The number of hydrogen-bond acceptors (Lipinski definition) is 3. The Balaban J connectivity index is 1.51. The van der Waals surface area contributed by atoms with E-state index in [1.165, 1.54) is 4.90 Å². The first-order valence-corrected chi connectivity index (χ1v) is 9.47.